The second-order valence-electron chi connectivity index (χ2n) is 8.18. The molecule has 1 amide bonds. The number of guanidine groups is 1. The van der Waals surface area contributed by atoms with Gasteiger partial charge in [0.1, 0.15) is 11.9 Å². The zero-order valence-corrected chi connectivity index (χ0v) is 20.1. The molecular formula is C22H35IN4O2. The molecule has 1 aromatic carbocycles. The summed E-state index contributed by atoms with van der Waals surface area (Å²) in [5.74, 6) is 2.00. The minimum absolute atomic E-state index is 0. The maximum absolute atomic E-state index is 12.4. The smallest absolute Gasteiger partial charge is 0.223 e. The first kappa shape index (κ1) is 23.8. The van der Waals surface area contributed by atoms with Gasteiger partial charge in [0, 0.05) is 25.0 Å². The third-order valence-corrected chi connectivity index (χ3v) is 5.45. The van der Waals surface area contributed by atoms with Crippen molar-refractivity contribution in [3.63, 3.8) is 0 Å². The summed E-state index contributed by atoms with van der Waals surface area (Å²) in [5, 5.41) is 9.99. The van der Waals surface area contributed by atoms with Crippen molar-refractivity contribution >= 4 is 35.8 Å². The van der Waals surface area contributed by atoms with Gasteiger partial charge in [-0.2, -0.15) is 0 Å². The number of hydrogen-bond donors (Lipinski definition) is 3. The molecule has 2 fully saturated rings. The Balaban J connectivity index is 0.00000300. The highest BCUT2D eigenvalue weighted by Gasteiger charge is 2.31. The summed E-state index contributed by atoms with van der Waals surface area (Å²) >= 11 is 0. The van der Waals surface area contributed by atoms with Crippen LogP contribution in [-0.2, 0) is 4.79 Å². The number of halogens is 1. The molecule has 0 spiro atoms. The summed E-state index contributed by atoms with van der Waals surface area (Å²) in [7, 11) is 1.78. The zero-order valence-electron chi connectivity index (χ0n) is 17.7. The summed E-state index contributed by atoms with van der Waals surface area (Å²) in [5.41, 5.74) is 1.22. The number of nitrogens with zero attached hydrogens (tertiary/aromatic N) is 1. The third-order valence-electron chi connectivity index (χ3n) is 5.45. The second kappa shape index (κ2) is 11.6. The van der Waals surface area contributed by atoms with E-state index in [1.54, 1.807) is 7.05 Å². The van der Waals surface area contributed by atoms with Gasteiger partial charge in [0.2, 0.25) is 5.91 Å². The highest BCUT2D eigenvalue weighted by molar-refractivity contribution is 14.0. The van der Waals surface area contributed by atoms with E-state index >= 15 is 0 Å². The van der Waals surface area contributed by atoms with Crippen LogP contribution in [0.3, 0.4) is 0 Å². The van der Waals surface area contributed by atoms with Crippen LogP contribution in [0.2, 0.25) is 0 Å². The van der Waals surface area contributed by atoms with Crippen LogP contribution >= 0.6 is 24.0 Å². The Hall–Kier alpha value is -1.51. The number of hydrogen-bond acceptors (Lipinski definition) is 3. The van der Waals surface area contributed by atoms with Crippen molar-refractivity contribution in [2.24, 2.45) is 10.9 Å². The van der Waals surface area contributed by atoms with Crippen LogP contribution in [0, 0.1) is 12.8 Å². The molecule has 0 saturated heterocycles. The Morgan fingerprint density at radius 1 is 1.14 bits per heavy atom. The molecule has 2 saturated carbocycles. The van der Waals surface area contributed by atoms with Crippen LogP contribution in [0.4, 0.5) is 0 Å². The predicted octanol–water partition coefficient (Wildman–Crippen LogP) is 3.38. The fourth-order valence-corrected chi connectivity index (χ4v) is 3.62. The molecule has 2 aliphatic rings. The molecule has 3 atom stereocenters. The fourth-order valence-electron chi connectivity index (χ4n) is 3.62. The number of aliphatic imine (C=N–C) groups is 1. The first-order valence-electron chi connectivity index (χ1n) is 10.5. The lowest BCUT2D eigenvalue weighted by Crippen LogP contribution is -2.48. The van der Waals surface area contributed by atoms with Gasteiger partial charge in [-0.3, -0.25) is 9.79 Å². The molecule has 3 rings (SSSR count). The standard InChI is InChI=1S/C22H34N4O2.HI/c1-15-7-11-20(12-8-15)28-16(2)14-24-22(23-3)26-19-6-4-5-17(13-19)21(27)25-18-9-10-18;/h7-8,11-12,16-19H,4-6,9-10,13-14H2,1-3H3,(H,25,27)(H2,23,24,26);1H. The summed E-state index contributed by atoms with van der Waals surface area (Å²) in [6.07, 6.45) is 6.30. The molecule has 0 aliphatic heterocycles. The maximum Gasteiger partial charge on any atom is 0.223 e. The van der Waals surface area contributed by atoms with E-state index in [1.807, 2.05) is 19.1 Å². The van der Waals surface area contributed by atoms with Crippen LogP contribution in [0.25, 0.3) is 0 Å². The first-order valence-corrected chi connectivity index (χ1v) is 10.5. The molecule has 1 aromatic rings. The molecule has 0 bridgehead atoms. The minimum atomic E-state index is 0. The van der Waals surface area contributed by atoms with Gasteiger partial charge in [0.25, 0.3) is 0 Å². The molecule has 3 N–H and O–H groups in total. The van der Waals surface area contributed by atoms with Gasteiger partial charge >= 0.3 is 0 Å². The zero-order chi connectivity index (χ0) is 19.9. The molecule has 6 nitrogen and oxygen atoms in total. The molecular weight excluding hydrogens is 479 g/mol. The van der Waals surface area contributed by atoms with Crippen molar-refractivity contribution in [2.45, 2.75) is 70.6 Å². The van der Waals surface area contributed by atoms with Crippen LogP contribution in [0.5, 0.6) is 5.75 Å². The predicted molar refractivity (Wildman–Crippen MR) is 128 cm³/mol. The molecule has 0 heterocycles. The van der Waals surface area contributed by atoms with Crippen molar-refractivity contribution in [1.82, 2.24) is 16.0 Å². The quantitative estimate of drug-likeness (QED) is 0.297. The minimum Gasteiger partial charge on any atom is -0.489 e. The van der Waals surface area contributed by atoms with Crippen LogP contribution in [-0.4, -0.2) is 43.6 Å². The number of rotatable bonds is 7. The molecule has 0 radical (unpaired) electrons. The Labute approximate surface area is 191 Å². The summed E-state index contributed by atoms with van der Waals surface area (Å²) in [4.78, 5) is 16.7. The number of nitrogens with one attached hydrogen (secondary N) is 3. The van der Waals surface area contributed by atoms with Crippen LogP contribution in [0.15, 0.2) is 29.3 Å². The molecule has 0 aromatic heterocycles. The van der Waals surface area contributed by atoms with E-state index in [1.165, 1.54) is 5.56 Å². The van der Waals surface area contributed by atoms with E-state index in [0.29, 0.717) is 12.6 Å². The number of carbonyl (C=O) groups excluding carboxylic acids is 1. The Bertz CT molecular complexity index is 676. The van der Waals surface area contributed by atoms with Gasteiger partial charge in [-0.1, -0.05) is 24.1 Å². The number of aryl methyl sites for hydroxylation is 1. The van der Waals surface area contributed by atoms with E-state index in [0.717, 1.165) is 50.2 Å². The van der Waals surface area contributed by atoms with Crippen molar-refractivity contribution in [1.29, 1.82) is 0 Å². The second-order valence-corrected chi connectivity index (χ2v) is 8.18. The number of ether oxygens (including phenoxy) is 1. The van der Waals surface area contributed by atoms with E-state index in [9.17, 15) is 4.79 Å². The Morgan fingerprint density at radius 3 is 2.52 bits per heavy atom. The summed E-state index contributed by atoms with van der Waals surface area (Å²) in [6.45, 7) is 4.76. The van der Waals surface area contributed by atoms with E-state index in [-0.39, 0.29) is 47.9 Å². The Morgan fingerprint density at radius 2 is 1.86 bits per heavy atom. The van der Waals surface area contributed by atoms with Gasteiger partial charge < -0.3 is 20.7 Å². The van der Waals surface area contributed by atoms with E-state index in [2.05, 4.69) is 40.0 Å². The molecule has 7 heteroatoms. The van der Waals surface area contributed by atoms with Crippen molar-refractivity contribution in [2.75, 3.05) is 13.6 Å². The topological polar surface area (TPSA) is 74.8 Å². The SMILES string of the molecule is CN=C(NCC(C)Oc1ccc(C)cc1)NC1CCCC(C(=O)NC2CC2)C1.I. The molecule has 29 heavy (non-hydrogen) atoms. The number of carbonyl (C=O) groups is 1. The van der Waals surface area contributed by atoms with Crippen molar-refractivity contribution < 1.29 is 9.53 Å². The number of amides is 1. The van der Waals surface area contributed by atoms with E-state index in [4.69, 9.17) is 4.74 Å². The monoisotopic (exact) mass is 514 g/mol. The molecule has 2 aliphatic carbocycles. The largest absolute Gasteiger partial charge is 0.489 e. The average Bonchev–Trinajstić information content (AvgIpc) is 3.51. The van der Waals surface area contributed by atoms with Crippen molar-refractivity contribution in [3.8, 4) is 5.75 Å². The maximum atomic E-state index is 12.4. The first-order chi connectivity index (χ1) is 13.5. The lowest BCUT2D eigenvalue weighted by molar-refractivity contribution is -0.126. The van der Waals surface area contributed by atoms with Gasteiger partial charge in [-0.15, -0.1) is 24.0 Å². The van der Waals surface area contributed by atoms with Gasteiger partial charge in [0.15, 0.2) is 5.96 Å². The van der Waals surface area contributed by atoms with E-state index < -0.39 is 0 Å². The number of benzene rings is 1. The Kier molecular flexibility index (Phi) is 9.52. The van der Waals surface area contributed by atoms with Gasteiger partial charge in [0.05, 0.1) is 6.54 Å². The fraction of sp³-hybridized carbons (Fsp3) is 0.636. The summed E-state index contributed by atoms with van der Waals surface area (Å²) in [6, 6.07) is 8.80. The van der Waals surface area contributed by atoms with Gasteiger partial charge in [-0.05, 0) is 58.1 Å². The average molecular weight is 514 g/mol. The lowest BCUT2D eigenvalue weighted by Gasteiger charge is -2.30. The normalized spacial score (nSPS) is 22.8. The molecule has 3 unspecified atom stereocenters. The van der Waals surface area contributed by atoms with Crippen LogP contribution in [0.1, 0.15) is 51.0 Å². The highest BCUT2D eigenvalue weighted by atomic mass is 127. The van der Waals surface area contributed by atoms with Crippen LogP contribution < -0.4 is 20.7 Å². The van der Waals surface area contributed by atoms with Crippen molar-refractivity contribution in [3.05, 3.63) is 29.8 Å². The summed E-state index contributed by atoms with van der Waals surface area (Å²) < 4.78 is 5.95. The third kappa shape index (κ3) is 8.03. The molecule has 162 valence electrons. The van der Waals surface area contributed by atoms with Gasteiger partial charge in [-0.25, -0.2) is 0 Å². The highest BCUT2D eigenvalue weighted by Crippen LogP contribution is 2.26. The lowest BCUT2D eigenvalue weighted by atomic mass is 9.85.